The SMILES string of the molecule is CC[C@@H](C)[C@H]1O[C@]1(C)[C@]1(O)C(C)=C[C@@H]2CC(C)=CC[C@H]2[C@@H]1/C=C/C=C/C=C/C(=O)OCc1ccc(Br)cc1. The smallest absolute Gasteiger partial charge is 0.331 e. The molecule has 0 amide bonds. The first-order chi connectivity index (χ1) is 18.1. The number of hydrogen-bond donors (Lipinski definition) is 1. The van der Waals surface area contributed by atoms with Crippen LogP contribution in [0.5, 0.6) is 0 Å². The zero-order valence-electron chi connectivity index (χ0n) is 23.2. The van der Waals surface area contributed by atoms with Crippen LogP contribution in [0.25, 0.3) is 0 Å². The lowest BCUT2D eigenvalue weighted by molar-refractivity contribution is -0.139. The van der Waals surface area contributed by atoms with Gasteiger partial charge in [0.15, 0.2) is 0 Å². The van der Waals surface area contributed by atoms with Gasteiger partial charge in [0.2, 0.25) is 0 Å². The third-order valence-electron chi connectivity index (χ3n) is 8.81. The van der Waals surface area contributed by atoms with E-state index in [2.05, 4.69) is 68.8 Å². The van der Waals surface area contributed by atoms with Crippen LogP contribution < -0.4 is 0 Å². The Bertz CT molecular complexity index is 1160. The van der Waals surface area contributed by atoms with Gasteiger partial charge in [-0.05, 0) is 74.6 Å². The maximum atomic E-state index is 12.4. The lowest BCUT2D eigenvalue weighted by Crippen LogP contribution is -2.57. The molecule has 1 aromatic carbocycles. The molecule has 3 aliphatic rings. The van der Waals surface area contributed by atoms with Gasteiger partial charge in [-0.25, -0.2) is 4.79 Å². The average molecular weight is 582 g/mol. The van der Waals surface area contributed by atoms with Crippen LogP contribution in [0.4, 0.5) is 0 Å². The Hall–Kier alpha value is -2.21. The molecule has 4 nitrogen and oxygen atoms in total. The molecule has 0 radical (unpaired) electrons. The molecule has 0 unspecified atom stereocenters. The number of rotatable bonds is 9. The summed E-state index contributed by atoms with van der Waals surface area (Å²) < 4.78 is 12.6. The van der Waals surface area contributed by atoms with Gasteiger partial charge >= 0.3 is 5.97 Å². The van der Waals surface area contributed by atoms with Gasteiger partial charge in [0, 0.05) is 16.5 Å². The van der Waals surface area contributed by atoms with Crippen molar-refractivity contribution >= 4 is 21.9 Å². The van der Waals surface area contributed by atoms with Gasteiger partial charge in [-0.3, -0.25) is 0 Å². The summed E-state index contributed by atoms with van der Waals surface area (Å²) in [5, 5.41) is 12.4. The van der Waals surface area contributed by atoms with E-state index in [1.54, 1.807) is 6.08 Å². The maximum absolute atomic E-state index is 12.4. The Morgan fingerprint density at radius 1 is 1.21 bits per heavy atom. The van der Waals surface area contributed by atoms with E-state index in [4.69, 9.17) is 9.47 Å². The number of esters is 1. The topological polar surface area (TPSA) is 59.1 Å². The van der Waals surface area contributed by atoms with Crippen molar-refractivity contribution in [2.45, 2.75) is 77.8 Å². The Morgan fingerprint density at radius 2 is 1.92 bits per heavy atom. The molecule has 1 N–H and O–H groups in total. The summed E-state index contributed by atoms with van der Waals surface area (Å²) >= 11 is 3.40. The molecule has 204 valence electrons. The molecule has 0 spiro atoms. The molecular formula is C33H41BrO4. The van der Waals surface area contributed by atoms with E-state index in [0.717, 1.165) is 34.9 Å². The fourth-order valence-corrected chi connectivity index (χ4v) is 6.64. The Balaban J connectivity index is 1.45. The number of carbonyl (C=O) groups is 1. The Labute approximate surface area is 236 Å². The van der Waals surface area contributed by atoms with Crippen molar-refractivity contribution in [3.8, 4) is 0 Å². The molecule has 1 fully saturated rings. The van der Waals surface area contributed by atoms with Gasteiger partial charge in [-0.2, -0.15) is 0 Å². The lowest BCUT2D eigenvalue weighted by Gasteiger charge is -2.50. The second kappa shape index (κ2) is 11.9. The van der Waals surface area contributed by atoms with Gasteiger partial charge in [-0.15, -0.1) is 0 Å². The lowest BCUT2D eigenvalue weighted by atomic mass is 9.56. The molecule has 38 heavy (non-hydrogen) atoms. The zero-order valence-corrected chi connectivity index (χ0v) is 24.8. The first-order valence-electron chi connectivity index (χ1n) is 13.8. The number of hydrogen-bond acceptors (Lipinski definition) is 4. The summed E-state index contributed by atoms with van der Waals surface area (Å²) in [7, 11) is 0. The van der Waals surface area contributed by atoms with E-state index in [9.17, 15) is 9.90 Å². The minimum absolute atomic E-state index is 0.0519. The van der Waals surface area contributed by atoms with E-state index in [1.165, 1.54) is 11.6 Å². The quantitative estimate of drug-likeness (QED) is 0.107. The van der Waals surface area contributed by atoms with Crippen LogP contribution in [-0.4, -0.2) is 28.4 Å². The van der Waals surface area contributed by atoms with Gasteiger partial charge in [0.1, 0.15) is 17.8 Å². The van der Waals surface area contributed by atoms with Crippen LogP contribution in [0.2, 0.25) is 0 Å². The molecule has 4 rings (SSSR count). The van der Waals surface area contributed by atoms with Gasteiger partial charge in [-0.1, -0.05) is 96.4 Å². The third-order valence-corrected chi connectivity index (χ3v) is 9.34. The number of benzene rings is 1. The predicted molar refractivity (Wildman–Crippen MR) is 156 cm³/mol. The first kappa shape index (κ1) is 28.8. The van der Waals surface area contributed by atoms with Crippen molar-refractivity contribution in [1.82, 2.24) is 0 Å². The molecule has 5 heteroatoms. The summed E-state index contributed by atoms with van der Waals surface area (Å²) in [5.74, 6) is 0.682. The molecule has 7 atom stereocenters. The van der Waals surface area contributed by atoms with E-state index >= 15 is 0 Å². The van der Waals surface area contributed by atoms with Crippen molar-refractivity contribution in [2.75, 3.05) is 0 Å². The standard InChI is InChI=1S/C33H41BrO4/c1-6-23(3)31-32(5,38-31)33(36)24(4)20-26-19-22(2)13-18-28(26)29(33)11-9-7-8-10-12-30(35)37-21-25-14-16-27(34)17-15-25/h7-17,20,23,26,28-29,31,36H,6,18-19,21H2,1-5H3/b8-7+,11-9+,12-10+/t23-,26+,28-,29+,31-,32+,33+/m1/s1. The molecule has 1 aliphatic heterocycles. The second-order valence-corrected chi connectivity index (χ2v) is 12.3. The van der Waals surface area contributed by atoms with E-state index in [0.29, 0.717) is 17.8 Å². The number of aliphatic hydroxyl groups is 1. The Morgan fingerprint density at radius 3 is 2.63 bits per heavy atom. The van der Waals surface area contributed by atoms with Crippen LogP contribution in [0.15, 0.2) is 88.5 Å². The molecular weight excluding hydrogens is 540 g/mol. The van der Waals surface area contributed by atoms with E-state index in [1.807, 2.05) is 42.5 Å². The third kappa shape index (κ3) is 5.85. The van der Waals surface area contributed by atoms with Gasteiger partial charge in [0.25, 0.3) is 0 Å². The number of carbonyl (C=O) groups excluding carboxylic acids is 1. The summed E-state index contributed by atoms with van der Waals surface area (Å²) in [6.07, 6.45) is 18.7. The molecule has 0 bridgehead atoms. The van der Waals surface area contributed by atoms with Crippen LogP contribution in [-0.2, 0) is 20.9 Å². The van der Waals surface area contributed by atoms with Crippen molar-refractivity contribution in [3.05, 3.63) is 94.1 Å². The minimum Gasteiger partial charge on any atom is -0.458 e. The zero-order chi connectivity index (χ0) is 27.5. The van der Waals surface area contributed by atoms with E-state index < -0.39 is 11.2 Å². The number of ether oxygens (including phenoxy) is 2. The van der Waals surface area contributed by atoms with Gasteiger partial charge in [0.05, 0.1) is 6.10 Å². The first-order valence-corrected chi connectivity index (χ1v) is 14.6. The number of epoxide rings is 1. The van der Waals surface area contributed by atoms with Crippen LogP contribution >= 0.6 is 15.9 Å². The molecule has 0 aromatic heterocycles. The number of halogens is 1. The molecule has 1 saturated heterocycles. The highest BCUT2D eigenvalue weighted by atomic mass is 79.9. The van der Waals surface area contributed by atoms with Crippen molar-refractivity contribution in [3.63, 3.8) is 0 Å². The summed E-state index contributed by atoms with van der Waals surface area (Å²) in [6.45, 7) is 11.0. The minimum atomic E-state index is -1.06. The normalized spacial score (nSPS) is 33.8. The monoisotopic (exact) mass is 580 g/mol. The number of allylic oxidation sites excluding steroid dienone is 7. The summed E-state index contributed by atoms with van der Waals surface area (Å²) in [5.41, 5.74) is 1.73. The number of fused-ring (bicyclic) bond motifs is 1. The molecule has 2 aliphatic carbocycles. The molecule has 1 heterocycles. The predicted octanol–water partition coefficient (Wildman–Crippen LogP) is 7.64. The summed E-state index contributed by atoms with van der Waals surface area (Å²) in [6, 6.07) is 7.68. The van der Waals surface area contributed by atoms with Crippen LogP contribution in [0.3, 0.4) is 0 Å². The van der Waals surface area contributed by atoms with Crippen molar-refractivity contribution in [1.29, 1.82) is 0 Å². The average Bonchev–Trinajstić information content (AvgIpc) is 3.60. The van der Waals surface area contributed by atoms with Crippen molar-refractivity contribution in [2.24, 2.45) is 23.7 Å². The largest absolute Gasteiger partial charge is 0.458 e. The fourth-order valence-electron chi connectivity index (χ4n) is 6.38. The van der Waals surface area contributed by atoms with E-state index in [-0.39, 0.29) is 24.6 Å². The molecule has 0 saturated carbocycles. The van der Waals surface area contributed by atoms with Crippen molar-refractivity contribution < 1.29 is 19.4 Å². The summed E-state index contributed by atoms with van der Waals surface area (Å²) in [4.78, 5) is 12.1. The highest BCUT2D eigenvalue weighted by Gasteiger charge is 2.70. The molecule has 1 aromatic rings. The fraction of sp³-hybridized carbons (Fsp3) is 0.485. The highest BCUT2D eigenvalue weighted by molar-refractivity contribution is 9.10. The Kier molecular flexibility index (Phi) is 9.01. The van der Waals surface area contributed by atoms with Crippen LogP contribution in [0, 0.1) is 23.7 Å². The van der Waals surface area contributed by atoms with Gasteiger partial charge < -0.3 is 14.6 Å². The highest BCUT2D eigenvalue weighted by Crippen LogP contribution is 2.60. The maximum Gasteiger partial charge on any atom is 0.331 e. The second-order valence-electron chi connectivity index (χ2n) is 11.4. The van der Waals surface area contributed by atoms with Crippen LogP contribution in [0.1, 0.15) is 59.4 Å².